The summed E-state index contributed by atoms with van der Waals surface area (Å²) in [6.07, 6.45) is 9.88. The lowest BCUT2D eigenvalue weighted by molar-refractivity contribution is 0.475. The molecule has 2 aromatic heterocycles. The number of nitrogens with one attached hydrogen (secondary N) is 1. The number of pyridine rings is 2. The lowest BCUT2D eigenvalue weighted by Gasteiger charge is -2.18. The third-order valence-electron chi connectivity index (χ3n) is 3.40. The van der Waals surface area contributed by atoms with Crippen LogP contribution in [0.2, 0.25) is 0 Å². The number of aryl methyl sites for hydroxylation is 1. The smallest absolute Gasteiger partial charge is 0.0410 e. The highest BCUT2D eigenvalue weighted by molar-refractivity contribution is 9.10. The van der Waals surface area contributed by atoms with E-state index in [0.717, 1.165) is 42.4 Å². The van der Waals surface area contributed by atoms with Crippen LogP contribution in [0.1, 0.15) is 31.0 Å². The van der Waals surface area contributed by atoms with E-state index in [2.05, 4.69) is 56.3 Å². The minimum atomic E-state index is 0.461. The second-order valence-corrected chi connectivity index (χ2v) is 6.14. The summed E-state index contributed by atoms with van der Waals surface area (Å²) in [6.45, 7) is 3.25. The molecule has 0 aliphatic rings. The van der Waals surface area contributed by atoms with Crippen LogP contribution in [0, 0.1) is 0 Å². The van der Waals surface area contributed by atoms with Gasteiger partial charge in [-0.1, -0.05) is 13.0 Å². The molecule has 0 saturated heterocycles. The summed E-state index contributed by atoms with van der Waals surface area (Å²) in [7, 11) is 0. The average Bonchev–Trinajstić information content (AvgIpc) is 2.51. The highest BCUT2D eigenvalue weighted by atomic mass is 79.9. The zero-order chi connectivity index (χ0) is 14.9. The predicted molar refractivity (Wildman–Crippen MR) is 90.3 cm³/mol. The first-order valence-corrected chi connectivity index (χ1v) is 8.30. The molecule has 0 radical (unpaired) electrons. The van der Waals surface area contributed by atoms with E-state index in [1.165, 1.54) is 5.56 Å². The quantitative estimate of drug-likeness (QED) is 0.789. The van der Waals surface area contributed by atoms with E-state index in [1.807, 2.05) is 24.7 Å². The normalized spacial score (nSPS) is 12.3. The van der Waals surface area contributed by atoms with E-state index < -0.39 is 0 Å². The number of rotatable bonds is 8. The maximum Gasteiger partial charge on any atom is 0.0410 e. The van der Waals surface area contributed by atoms with Crippen LogP contribution < -0.4 is 5.32 Å². The Hall–Kier alpha value is -1.26. The van der Waals surface area contributed by atoms with E-state index in [9.17, 15) is 0 Å². The van der Waals surface area contributed by atoms with E-state index in [-0.39, 0.29) is 0 Å². The van der Waals surface area contributed by atoms with Crippen molar-refractivity contribution in [1.82, 2.24) is 15.3 Å². The van der Waals surface area contributed by atoms with Crippen LogP contribution in [0.25, 0.3) is 0 Å². The van der Waals surface area contributed by atoms with Crippen molar-refractivity contribution >= 4 is 15.9 Å². The molecule has 21 heavy (non-hydrogen) atoms. The summed E-state index contributed by atoms with van der Waals surface area (Å²) >= 11 is 3.49. The summed E-state index contributed by atoms with van der Waals surface area (Å²) in [4.78, 5) is 8.65. The first-order valence-electron chi connectivity index (χ1n) is 7.50. The number of aromatic nitrogens is 2. The molecule has 112 valence electrons. The van der Waals surface area contributed by atoms with Gasteiger partial charge in [-0.05, 0) is 71.9 Å². The van der Waals surface area contributed by atoms with Gasteiger partial charge in [0.1, 0.15) is 0 Å². The van der Waals surface area contributed by atoms with Gasteiger partial charge in [0.15, 0.2) is 0 Å². The molecule has 0 bridgehead atoms. The van der Waals surface area contributed by atoms with Crippen molar-refractivity contribution in [2.75, 3.05) is 6.54 Å². The van der Waals surface area contributed by atoms with Gasteiger partial charge in [0, 0.05) is 34.8 Å². The standard InChI is InChI=1S/C17H22BrN3/c1-2-8-20-17(7-6-16-5-3-4-9-21-16)11-14-10-15(18)13-19-12-14/h3-5,9-10,12-13,17,20H,2,6-8,11H2,1H3. The van der Waals surface area contributed by atoms with Crippen LogP contribution in [-0.2, 0) is 12.8 Å². The van der Waals surface area contributed by atoms with Crippen molar-refractivity contribution < 1.29 is 0 Å². The highest BCUT2D eigenvalue weighted by Gasteiger charge is 2.10. The van der Waals surface area contributed by atoms with Gasteiger partial charge < -0.3 is 5.32 Å². The molecule has 3 nitrogen and oxygen atoms in total. The average molecular weight is 348 g/mol. The van der Waals surface area contributed by atoms with Crippen molar-refractivity contribution in [1.29, 1.82) is 0 Å². The predicted octanol–water partition coefficient (Wildman–Crippen LogP) is 3.78. The lowest BCUT2D eigenvalue weighted by atomic mass is 10.0. The van der Waals surface area contributed by atoms with E-state index in [0.29, 0.717) is 6.04 Å². The molecule has 2 aromatic rings. The Morgan fingerprint density at radius 2 is 2.19 bits per heavy atom. The molecule has 1 atom stereocenters. The van der Waals surface area contributed by atoms with Gasteiger partial charge in [0.25, 0.3) is 0 Å². The first-order chi connectivity index (χ1) is 10.3. The van der Waals surface area contributed by atoms with Crippen molar-refractivity contribution in [2.45, 2.75) is 38.6 Å². The molecule has 0 aliphatic carbocycles. The van der Waals surface area contributed by atoms with Gasteiger partial charge >= 0.3 is 0 Å². The molecule has 1 N–H and O–H groups in total. The summed E-state index contributed by atoms with van der Waals surface area (Å²) < 4.78 is 1.04. The molecule has 0 spiro atoms. The minimum absolute atomic E-state index is 0.461. The second-order valence-electron chi connectivity index (χ2n) is 5.23. The van der Waals surface area contributed by atoms with Crippen LogP contribution in [0.3, 0.4) is 0 Å². The Balaban J connectivity index is 1.94. The second kappa shape index (κ2) is 8.90. The largest absolute Gasteiger partial charge is 0.314 e. The molecular formula is C17H22BrN3. The monoisotopic (exact) mass is 347 g/mol. The molecule has 0 fully saturated rings. The zero-order valence-corrected chi connectivity index (χ0v) is 14.0. The Bertz CT molecular complexity index is 531. The summed E-state index contributed by atoms with van der Waals surface area (Å²) in [6, 6.07) is 8.72. The SMILES string of the molecule is CCCNC(CCc1ccccn1)Cc1cncc(Br)c1. The van der Waals surface area contributed by atoms with E-state index in [1.54, 1.807) is 0 Å². The molecule has 0 amide bonds. The maximum atomic E-state index is 4.40. The maximum absolute atomic E-state index is 4.40. The number of halogens is 1. The molecule has 4 heteroatoms. The van der Waals surface area contributed by atoms with E-state index >= 15 is 0 Å². The van der Waals surface area contributed by atoms with Crippen molar-refractivity contribution in [3.05, 3.63) is 58.6 Å². The van der Waals surface area contributed by atoms with Crippen LogP contribution in [0.15, 0.2) is 47.3 Å². The van der Waals surface area contributed by atoms with Crippen LogP contribution in [-0.4, -0.2) is 22.6 Å². The van der Waals surface area contributed by atoms with Gasteiger partial charge in [0.05, 0.1) is 0 Å². The fourth-order valence-corrected chi connectivity index (χ4v) is 2.76. The Kier molecular flexibility index (Phi) is 6.83. The lowest BCUT2D eigenvalue weighted by Crippen LogP contribution is -2.32. The van der Waals surface area contributed by atoms with Crippen molar-refractivity contribution in [2.24, 2.45) is 0 Å². The van der Waals surface area contributed by atoms with Crippen molar-refractivity contribution in [3.63, 3.8) is 0 Å². The Morgan fingerprint density at radius 1 is 1.29 bits per heavy atom. The van der Waals surface area contributed by atoms with Gasteiger partial charge in [0.2, 0.25) is 0 Å². The van der Waals surface area contributed by atoms with Crippen LogP contribution in [0.4, 0.5) is 0 Å². The van der Waals surface area contributed by atoms with Gasteiger partial charge in [-0.3, -0.25) is 9.97 Å². The van der Waals surface area contributed by atoms with E-state index in [4.69, 9.17) is 0 Å². The van der Waals surface area contributed by atoms with Crippen LogP contribution in [0.5, 0.6) is 0 Å². The number of hydrogen-bond donors (Lipinski definition) is 1. The summed E-state index contributed by atoms with van der Waals surface area (Å²) in [5, 5.41) is 3.64. The highest BCUT2D eigenvalue weighted by Crippen LogP contribution is 2.13. The molecule has 2 heterocycles. The Labute approximate surface area is 135 Å². The topological polar surface area (TPSA) is 37.8 Å². The molecule has 0 aliphatic heterocycles. The summed E-state index contributed by atoms with van der Waals surface area (Å²) in [5.41, 5.74) is 2.42. The first kappa shape index (κ1) is 16.1. The van der Waals surface area contributed by atoms with Gasteiger partial charge in [-0.2, -0.15) is 0 Å². The minimum Gasteiger partial charge on any atom is -0.314 e. The fraction of sp³-hybridized carbons (Fsp3) is 0.412. The van der Waals surface area contributed by atoms with Crippen LogP contribution >= 0.6 is 15.9 Å². The number of nitrogens with zero attached hydrogens (tertiary/aromatic N) is 2. The molecule has 1 unspecified atom stereocenters. The molecule has 0 aromatic carbocycles. The van der Waals surface area contributed by atoms with Gasteiger partial charge in [-0.15, -0.1) is 0 Å². The fourth-order valence-electron chi connectivity index (χ4n) is 2.34. The third-order valence-corrected chi connectivity index (χ3v) is 3.84. The Morgan fingerprint density at radius 3 is 2.90 bits per heavy atom. The molecule has 2 rings (SSSR count). The summed E-state index contributed by atoms with van der Waals surface area (Å²) in [5.74, 6) is 0. The van der Waals surface area contributed by atoms with Crippen molar-refractivity contribution in [3.8, 4) is 0 Å². The van der Waals surface area contributed by atoms with Gasteiger partial charge in [-0.25, -0.2) is 0 Å². The molecule has 0 saturated carbocycles. The number of hydrogen-bond acceptors (Lipinski definition) is 3. The third kappa shape index (κ3) is 5.94. The zero-order valence-electron chi connectivity index (χ0n) is 12.4. The molecular weight excluding hydrogens is 326 g/mol.